The van der Waals surface area contributed by atoms with Crippen molar-refractivity contribution >= 4 is 23.2 Å². The molecule has 14 nitrogen and oxygen atoms in total. The minimum absolute atomic E-state index is 0.0660. The van der Waals surface area contributed by atoms with Crippen LogP contribution in [0, 0.1) is 17.2 Å². The minimum Gasteiger partial charge on any atom is -0.389 e. The number of hydrogen-bond acceptors (Lipinski definition) is 11. The molecule has 1 aliphatic rings. The zero-order valence-electron chi connectivity index (χ0n) is 20.9. The molecule has 4 aromatic heterocycles. The number of nitrogens with zero attached hydrogens (tertiary/aromatic N) is 9. The lowest BCUT2D eigenvalue weighted by Crippen LogP contribution is -2.30. The average Bonchev–Trinajstić information content (AvgIpc) is 3.63. The van der Waals surface area contributed by atoms with Crippen LogP contribution in [-0.4, -0.2) is 84.3 Å². The van der Waals surface area contributed by atoms with Crippen LogP contribution in [0.4, 0.5) is 11.6 Å². The molecular formula is C24H27N11O3. The molecular weight excluding hydrogens is 490 g/mol. The maximum Gasteiger partial charge on any atom is 0.252 e. The van der Waals surface area contributed by atoms with Gasteiger partial charge in [-0.25, -0.2) is 19.5 Å². The third-order valence-electron chi connectivity index (χ3n) is 6.44. The van der Waals surface area contributed by atoms with Crippen LogP contribution >= 0.6 is 0 Å². The van der Waals surface area contributed by atoms with Crippen molar-refractivity contribution < 1.29 is 14.6 Å². The summed E-state index contributed by atoms with van der Waals surface area (Å²) in [6.45, 7) is 3.82. The van der Waals surface area contributed by atoms with Gasteiger partial charge in [-0.05, 0) is 5.92 Å². The number of aliphatic hydroxyl groups excluding tert-OH is 1. The Morgan fingerprint density at radius 1 is 1.26 bits per heavy atom. The first-order valence-electron chi connectivity index (χ1n) is 12.0. The number of amides is 1. The number of hydrogen-bond donors (Lipinski definition) is 3. The Morgan fingerprint density at radius 2 is 2.05 bits per heavy atom. The first-order chi connectivity index (χ1) is 18.4. The van der Waals surface area contributed by atoms with Gasteiger partial charge in [-0.15, -0.1) is 0 Å². The van der Waals surface area contributed by atoms with Gasteiger partial charge in [0.1, 0.15) is 6.07 Å². The number of nitrogens with two attached hydrogens (primary N) is 1. The van der Waals surface area contributed by atoms with Crippen molar-refractivity contribution in [2.24, 2.45) is 11.7 Å². The van der Waals surface area contributed by atoms with Crippen molar-refractivity contribution in [1.29, 1.82) is 5.26 Å². The van der Waals surface area contributed by atoms with Crippen LogP contribution < -0.4 is 16.0 Å². The Labute approximate surface area is 217 Å². The number of carbonyl (C=O) groups excluding carboxylic acids is 1. The van der Waals surface area contributed by atoms with Crippen LogP contribution in [-0.2, 0) is 11.3 Å². The number of aromatic nitrogens is 7. The Bertz CT molecular complexity index is 1490. The first-order valence-corrected chi connectivity index (χ1v) is 12.0. The molecule has 3 atom stereocenters. The van der Waals surface area contributed by atoms with Crippen LogP contribution in [0.3, 0.4) is 0 Å². The highest BCUT2D eigenvalue weighted by atomic mass is 16.5. The predicted octanol–water partition coefficient (Wildman–Crippen LogP) is 0.297. The molecule has 1 amide bonds. The van der Waals surface area contributed by atoms with Crippen LogP contribution in [0.25, 0.3) is 16.9 Å². The summed E-state index contributed by atoms with van der Waals surface area (Å²) >= 11 is 0. The number of primary amides is 1. The van der Waals surface area contributed by atoms with Crippen molar-refractivity contribution in [2.45, 2.75) is 25.6 Å². The van der Waals surface area contributed by atoms with Crippen LogP contribution in [0.5, 0.6) is 0 Å². The number of aliphatic hydroxyl groups is 1. The summed E-state index contributed by atoms with van der Waals surface area (Å²) in [5.41, 5.74) is 8.58. The summed E-state index contributed by atoms with van der Waals surface area (Å²) in [6, 6.07) is 1.95. The normalized spacial score (nSPS) is 18.0. The standard InChI is InChI=1S/C24H27N11O3/c1-14-8-33(24-27-4-15(3-25)5-28-24)11-19(14)31-21-18(22(26)37)7-30-35-12-20(32-23(21)35)16-6-29-34(9-16)10-17(36)13-38-2/h4-7,9,12,14,17,19,31,36H,8,10-11,13H2,1-2H3,(H2,26,37)/t14-,17?,19+/m0/s1. The van der Waals surface area contributed by atoms with Gasteiger partial charge in [-0.3, -0.25) is 9.48 Å². The molecule has 1 fully saturated rings. The molecule has 4 N–H and O–H groups in total. The molecule has 0 spiro atoms. The first kappa shape index (κ1) is 25.1. The van der Waals surface area contributed by atoms with E-state index in [9.17, 15) is 9.90 Å². The highest BCUT2D eigenvalue weighted by molar-refractivity contribution is 6.01. The number of methoxy groups -OCH3 is 1. The predicted molar refractivity (Wildman–Crippen MR) is 136 cm³/mol. The van der Waals surface area contributed by atoms with E-state index in [1.165, 1.54) is 25.7 Å². The third kappa shape index (κ3) is 4.97. The summed E-state index contributed by atoms with van der Waals surface area (Å²) in [7, 11) is 1.53. The van der Waals surface area contributed by atoms with E-state index in [-0.39, 0.29) is 30.7 Å². The van der Waals surface area contributed by atoms with Gasteiger partial charge >= 0.3 is 0 Å². The molecule has 1 saturated heterocycles. The molecule has 4 aromatic rings. The van der Waals surface area contributed by atoms with Crippen LogP contribution in [0.1, 0.15) is 22.8 Å². The Hall–Kier alpha value is -4.61. The zero-order chi connectivity index (χ0) is 26.8. The van der Waals surface area contributed by atoms with Gasteiger partial charge in [0.15, 0.2) is 5.65 Å². The Kier molecular flexibility index (Phi) is 6.86. The third-order valence-corrected chi connectivity index (χ3v) is 6.44. The molecule has 1 aliphatic heterocycles. The van der Waals surface area contributed by atoms with E-state index in [1.54, 1.807) is 27.8 Å². The number of imidazole rings is 1. The van der Waals surface area contributed by atoms with Crippen molar-refractivity contribution in [3.05, 3.63) is 48.3 Å². The SMILES string of the molecule is COCC(O)Cn1cc(-c2cn3ncc(C(N)=O)c(N[C@@H]4CN(c5ncc(C#N)cn5)C[C@@H]4C)c3n2)cn1. The van der Waals surface area contributed by atoms with E-state index in [0.717, 1.165) is 5.56 Å². The topological polar surface area (TPSA) is 185 Å². The number of anilines is 2. The van der Waals surface area contributed by atoms with Crippen LogP contribution in [0.2, 0.25) is 0 Å². The fraction of sp³-hybridized carbons (Fsp3) is 0.375. The maximum atomic E-state index is 12.3. The lowest BCUT2D eigenvalue weighted by atomic mass is 10.1. The van der Waals surface area contributed by atoms with Gasteiger partial charge in [-0.1, -0.05) is 6.92 Å². The molecule has 0 radical (unpaired) electrons. The van der Waals surface area contributed by atoms with E-state index in [4.69, 9.17) is 20.7 Å². The van der Waals surface area contributed by atoms with Crippen molar-refractivity contribution in [2.75, 3.05) is 37.0 Å². The maximum absolute atomic E-state index is 12.3. The number of rotatable bonds is 9. The fourth-order valence-corrected chi connectivity index (χ4v) is 4.51. The Balaban J connectivity index is 1.42. The lowest BCUT2D eigenvalue weighted by Gasteiger charge is -2.20. The average molecular weight is 518 g/mol. The van der Waals surface area contributed by atoms with Crippen molar-refractivity contribution in [3.63, 3.8) is 0 Å². The number of ether oxygens (including phenoxy) is 1. The lowest BCUT2D eigenvalue weighted by molar-refractivity contribution is 0.0514. The van der Waals surface area contributed by atoms with Crippen LogP contribution in [0.15, 0.2) is 37.2 Å². The van der Waals surface area contributed by atoms with Gasteiger partial charge in [0, 0.05) is 38.0 Å². The molecule has 0 aliphatic carbocycles. The van der Waals surface area contributed by atoms with E-state index < -0.39 is 12.0 Å². The van der Waals surface area contributed by atoms with Crippen molar-refractivity contribution in [1.82, 2.24) is 34.3 Å². The molecule has 0 saturated carbocycles. The fourth-order valence-electron chi connectivity index (χ4n) is 4.51. The zero-order valence-corrected chi connectivity index (χ0v) is 20.9. The molecule has 38 heavy (non-hydrogen) atoms. The van der Waals surface area contributed by atoms with E-state index in [1.807, 2.05) is 11.0 Å². The van der Waals surface area contributed by atoms with Crippen molar-refractivity contribution in [3.8, 4) is 17.3 Å². The molecule has 14 heteroatoms. The summed E-state index contributed by atoms with van der Waals surface area (Å²) in [4.78, 5) is 27.7. The summed E-state index contributed by atoms with van der Waals surface area (Å²) in [5.74, 6) is 0.0881. The highest BCUT2D eigenvalue weighted by Crippen LogP contribution is 2.29. The number of nitrogens with one attached hydrogen (secondary N) is 1. The summed E-state index contributed by atoms with van der Waals surface area (Å²) in [6.07, 6.45) is 8.90. The quantitative estimate of drug-likeness (QED) is 0.277. The molecule has 196 valence electrons. The molecule has 5 rings (SSSR count). The second kappa shape index (κ2) is 10.4. The molecule has 1 unspecified atom stereocenters. The summed E-state index contributed by atoms with van der Waals surface area (Å²) < 4.78 is 8.17. The largest absolute Gasteiger partial charge is 0.389 e. The van der Waals surface area contributed by atoms with E-state index in [2.05, 4.69) is 32.4 Å². The number of nitriles is 1. The number of fused-ring (bicyclic) bond motifs is 1. The molecule has 0 aromatic carbocycles. The van der Waals surface area contributed by atoms with E-state index >= 15 is 0 Å². The van der Waals surface area contributed by atoms with E-state index in [0.29, 0.717) is 41.6 Å². The second-order valence-electron chi connectivity index (χ2n) is 9.27. The van der Waals surface area contributed by atoms with Gasteiger partial charge < -0.3 is 25.8 Å². The Morgan fingerprint density at radius 3 is 2.76 bits per heavy atom. The molecule has 0 bridgehead atoms. The smallest absolute Gasteiger partial charge is 0.252 e. The number of carbonyl (C=O) groups is 1. The van der Waals surface area contributed by atoms with Gasteiger partial charge in [-0.2, -0.15) is 15.5 Å². The second-order valence-corrected chi connectivity index (χ2v) is 9.27. The molecule has 5 heterocycles. The highest BCUT2D eigenvalue weighted by Gasteiger charge is 2.32. The minimum atomic E-state index is -0.688. The summed E-state index contributed by atoms with van der Waals surface area (Å²) in [5, 5.41) is 31.1. The van der Waals surface area contributed by atoms with Gasteiger partial charge in [0.2, 0.25) is 5.95 Å². The van der Waals surface area contributed by atoms with Gasteiger partial charge in [0.25, 0.3) is 5.91 Å². The van der Waals surface area contributed by atoms with Gasteiger partial charge in [0.05, 0.1) is 72.7 Å². The monoisotopic (exact) mass is 517 g/mol.